The van der Waals surface area contributed by atoms with Crippen LogP contribution in [0.1, 0.15) is 0 Å². The summed E-state index contributed by atoms with van der Waals surface area (Å²) >= 11 is 0. The van der Waals surface area contributed by atoms with Crippen molar-refractivity contribution in [1.82, 2.24) is 15.1 Å². The molecule has 2 aromatic carbocycles. The first-order valence-electron chi connectivity index (χ1n) is 8.19. The fourth-order valence-electron chi connectivity index (χ4n) is 3.04. The maximum atomic E-state index is 11.2. The van der Waals surface area contributed by atoms with Crippen LogP contribution in [0.15, 0.2) is 47.0 Å². The Kier molecular flexibility index (Phi) is 3.32. The van der Waals surface area contributed by atoms with Gasteiger partial charge in [-0.1, -0.05) is 23.4 Å². The Hall–Kier alpha value is -3.88. The number of aromatic amines is 1. The van der Waals surface area contributed by atoms with Crippen molar-refractivity contribution in [2.45, 2.75) is 0 Å². The summed E-state index contributed by atoms with van der Waals surface area (Å²) in [5, 5.41) is 16.2. The van der Waals surface area contributed by atoms with Crippen molar-refractivity contribution in [2.24, 2.45) is 0 Å². The minimum absolute atomic E-state index is 0.120. The number of H-pyrrole nitrogens is 1. The zero-order valence-corrected chi connectivity index (χ0v) is 13.8. The van der Waals surface area contributed by atoms with Gasteiger partial charge < -0.3 is 19.0 Å². The molecule has 2 aromatic heterocycles. The zero-order chi connectivity index (χ0) is 18.4. The molecule has 5 rings (SSSR count). The van der Waals surface area contributed by atoms with Crippen LogP contribution in [0.25, 0.3) is 33.9 Å². The highest BCUT2D eigenvalue weighted by Gasteiger charge is 2.26. The lowest BCUT2D eigenvalue weighted by atomic mass is 10.1. The number of nitrogens with one attached hydrogen (secondary N) is 1. The van der Waals surface area contributed by atoms with Gasteiger partial charge in [-0.25, -0.2) is 0 Å². The number of benzene rings is 2. The molecule has 0 radical (unpaired) electrons. The molecule has 0 atom stereocenters. The zero-order valence-electron chi connectivity index (χ0n) is 13.8. The van der Waals surface area contributed by atoms with Crippen LogP contribution in [-0.2, 0) is 0 Å². The van der Waals surface area contributed by atoms with Crippen molar-refractivity contribution in [3.63, 3.8) is 0 Å². The highest BCUT2D eigenvalue weighted by molar-refractivity contribution is 5.84. The molecule has 27 heavy (non-hydrogen) atoms. The van der Waals surface area contributed by atoms with E-state index in [1.54, 1.807) is 0 Å². The minimum Gasteiger partial charge on any atom is -0.486 e. The molecule has 1 aliphatic rings. The summed E-state index contributed by atoms with van der Waals surface area (Å²) in [6.45, 7) is 0.651. The molecule has 0 aliphatic carbocycles. The van der Waals surface area contributed by atoms with E-state index >= 15 is 0 Å². The van der Waals surface area contributed by atoms with Crippen molar-refractivity contribution in [1.29, 1.82) is 0 Å². The van der Waals surface area contributed by atoms with Crippen molar-refractivity contribution < 1.29 is 18.9 Å². The second-order valence-electron chi connectivity index (χ2n) is 5.97. The third kappa shape index (κ3) is 2.56. The van der Waals surface area contributed by atoms with Gasteiger partial charge in [-0.15, -0.1) is 0 Å². The van der Waals surface area contributed by atoms with Crippen molar-refractivity contribution in [3.05, 3.63) is 52.6 Å². The molecule has 0 spiro atoms. The summed E-state index contributed by atoms with van der Waals surface area (Å²) in [5.74, 6) is 1.11. The second-order valence-corrected chi connectivity index (χ2v) is 5.97. The fourth-order valence-corrected chi connectivity index (χ4v) is 3.04. The van der Waals surface area contributed by atoms with E-state index in [0.717, 1.165) is 10.9 Å². The smallest absolute Gasteiger partial charge is 0.274 e. The van der Waals surface area contributed by atoms with Gasteiger partial charge >= 0.3 is 0 Å². The van der Waals surface area contributed by atoms with Gasteiger partial charge in [0.15, 0.2) is 11.5 Å². The summed E-state index contributed by atoms with van der Waals surface area (Å²) in [5.41, 5.74) is 1.82. The van der Waals surface area contributed by atoms with Gasteiger partial charge in [0.25, 0.3) is 11.6 Å². The van der Waals surface area contributed by atoms with E-state index in [4.69, 9.17) is 14.0 Å². The number of non-ortho nitro benzene ring substituents is 1. The van der Waals surface area contributed by atoms with Gasteiger partial charge in [-0.05, 0) is 12.1 Å². The number of ether oxygens (including phenoxy) is 2. The average molecular weight is 364 g/mol. The Morgan fingerprint density at radius 3 is 2.81 bits per heavy atom. The van der Waals surface area contributed by atoms with Crippen LogP contribution >= 0.6 is 0 Å². The van der Waals surface area contributed by atoms with Crippen molar-refractivity contribution in [2.75, 3.05) is 13.2 Å². The van der Waals surface area contributed by atoms with Gasteiger partial charge in [-0.3, -0.25) is 10.1 Å². The summed E-state index contributed by atoms with van der Waals surface area (Å²) in [6, 6.07) is 12.4. The number of rotatable bonds is 3. The number of nitro groups is 1. The summed E-state index contributed by atoms with van der Waals surface area (Å²) in [4.78, 5) is 18.3. The molecule has 0 bridgehead atoms. The highest BCUT2D eigenvalue weighted by Crippen LogP contribution is 2.43. The lowest BCUT2D eigenvalue weighted by Gasteiger charge is -2.19. The quantitative estimate of drug-likeness (QED) is 0.436. The Morgan fingerprint density at radius 1 is 1.11 bits per heavy atom. The molecule has 1 aliphatic heterocycles. The fraction of sp³-hybridized carbons (Fsp3) is 0.111. The Balaban J connectivity index is 1.61. The summed E-state index contributed by atoms with van der Waals surface area (Å²) in [6.07, 6.45) is 0. The first-order chi connectivity index (χ1) is 13.2. The van der Waals surface area contributed by atoms with E-state index in [9.17, 15) is 10.1 Å². The lowest BCUT2D eigenvalue weighted by Crippen LogP contribution is -2.16. The Morgan fingerprint density at radius 2 is 1.96 bits per heavy atom. The SMILES string of the molecule is O=[N+]([O-])c1cc2c(c(-c3nc(-c4cc5ccccc5[nH]4)no3)c1)OCCO2. The predicted molar refractivity (Wildman–Crippen MR) is 94.7 cm³/mol. The largest absolute Gasteiger partial charge is 0.486 e. The second kappa shape index (κ2) is 5.84. The number of aromatic nitrogens is 3. The van der Waals surface area contributed by atoms with E-state index in [1.807, 2.05) is 30.3 Å². The van der Waals surface area contributed by atoms with Crippen molar-refractivity contribution >= 4 is 16.6 Å². The van der Waals surface area contributed by atoms with Gasteiger partial charge in [0, 0.05) is 17.0 Å². The monoisotopic (exact) mass is 364 g/mol. The van der Waals surface area contributed by atoms with Crippen LogP contribution in [0.2, 0.25) is 0 Å². The van der Waals surface area contributed by atoms with Crippen molar-refractivity contribution in [3.8, 4) is 34.5 Å². The predicted octanol–water partition coefficient (Wildman–Crippen LogP) is 3.56. The van der Waals surface area contributed by atoms with Gasteiger partial charge in [0.05, 0.1) is 22.2 Å². The third-order valence-electron chi connectivity index (χ3n) is 4.27. The number of fused-ring (bicyclic) bond motifs is 2. The summed E-state index contributed by atoms with van der Waals surface area (Å²) in [7, 11) is 0. The molecule has 3 heterocycles. The molecule has 0 fully saturated rings. The van der Waals surface area contributed by atoms with E-state index in [-0.39, 0.29) is 17.3 Å². The molecule has 0 saturated heterocycles. The minimum atomic E-state index is -0.503. The Bertz CT molecular complexity index is 1150. The number of nitro benzene ring substituents is 1. The molecule has 0 saturated carbocycles. The molecule has 4 aromatic rings. The topological polar surface area (TPSA) is 116 Å². The first-order valence-corrected chi connectivity index (χ1v) is 8.19. The van der Waals surface area contributed by atoms with Gasteiger partial charge in [-0.2, -0.15) is 4.98 Å². The van der Waals surface area contributed by atoms with E-state index in [2.05, 4.69) is 15.1 Å². The molecule has 0 unspecified atom stereocenters. The average Bonchev–Trinajstić information content (AvgIpc) is 3.33. The van der Waals surface area contributed by atoms with Gasteiger partial charge in [0.1, 0.15) is 13.2 Å². The lowest BCUT2D eigenvalue weighted by molar-refractivity contribution is -0.384. The maximum absolute atomic E-state index is 11.2. The normalized spacial score (nSPS) is 13.0. The van der Waals surface area contributed by atoms with E-state index in [1.165, 1.54) is 12.1 Å². The maximum Gasteiger partial charge on any atom is 0.274 e. The van der Waals surface area contributed by atoms with E-state index < -0.39 is 4.92 Å². The molecule has 9 nitrogen and oxygen atoms in total. The molecule has 134 valence electrons. The first kappa shape index (κ1) is 15.4. The molecular formula is C18H12N4O5. The number of hydrogen-bond donors (Lipinski definition) is 1. The standard InChI is InChI=1S/C18H12N4O5/c23-22(24)11-8-12(16-15(9-11)25-5-6-26-16)18-20-17(21-27-18)14-7-10-3-1-2-4-13(10)19-14/h1-4,7-9,19H,5-6H2. The van der Waals surface area contributed by atoms with E-state index in [0.29, 0.717) is 36.0 Å². The van der Waals surface area contributed by atoms with Crippen LogP contribution < -0.4 is 9.47 Å². The number of hydrogen-bond acceptors (Lipinski definition) is 7. The van der Waals surface area contributed by atoms with Crippen LogP contribution in [0, 0.1) is 10.1 Å². The molecule has 0 amide bonds. The van der Waals surface area contributed by atoms with Gasteiger partial charge in [0.2, 0.25) is 5.82 Å². The summed E-state index contributed by atoms with van der Waals surface area (Å²) < 4.78 is 16.5. The molecule has 1 N–H and O–H groups in total. The van der Waals surface area contributed by atoms with Crippen LogP contribution in [0.5, 0.6) is 11.5 Å². The number of para-hydroxylation sites is 1. The highest BCUT2D eigenvalue weighted by atomic mass is 16.6. The van der Waals surface area contributed by atoms with Crippen LogP contribution in [-0.4, -0.2) is 33.3 Å². The Labute approximate surface area is 151 Å². The van der Waals surface area contributed by atoms with Crippen LogP contribution in [0.3, 0.4) is 0 Å². The molecule has 9 heteroatoms. The number of nitrogens with zero attached hydrogens (tertiary/aromatic N) is 3. The van der Waals surface area contributed by atoms with Crippen LogP contribution in [0.4, 0.5) is 5.69 Å². The third-order valence-corrected chi connectivity index (χ3v) is 4.27. The molecular weight excluding hydrogens is 352 g/mol.